The number of rotatable bonds is 7. The second-order valence-corrected chi connectivity index (χ2v) is 5.53. The maximum Gasteiger partial charge on any atom is 0.271 e. The number of nitro groups is 1. The number of nitrogens with zero attached hydrogens (tertiary/aromatic N) is 1. The number of anilines is 1. The van der Waals surface area contributed by atoms with Gasteiger partial charge in [-0.1, -0.05) is 19.9 Å². The summed E-state index contributed by atoms with van der Waals surface area (Å²) in [6, 6.07) is 6.66. The maximum absolute atomic E-state index is 10.7. The topological polar surface area (TPSA) is 55.2 Å². The molecule has 0 atom stereocenters. The van der Waals surface area contributed by atoms with Gasteiger partial charge in [0.15, 0.2) is 0 Å². The first-order chi connectivity index (χ1) is 8.56. The predicted molar refractivity (Wildman–Crippen MR) is 78.4 cm³/mol. The summed E-state index contributed by atoms with van der Waals surface area (Å²) in [5.74, 6) is 0. The van der Waals surface area contributed by atoms with Crippen molar-refractivity contribution in [3.8, 4) is 0 Å². The summed E-state index contributed by atoms with van der Waals surface area (Å²) in [6.45, 7) is 5.17. The van der Waals surface area contributed by atoms with Gasteiger partial charge in [-0.3, -0.25) is 10.1 Å². The zero-order valence-electron chi connectivity index (χ0n) is 11.1. The minimum Gasteiger partial charge on any atom is -0.383 e. The van der Waals surface area contributed by atoms with Gasteiger partial charge in [-0.15, -0.1) is 0 Å². The number of nitro benzene ring substituents is 1. The molecule has 0 saturated carbocycles. The molecule has 0 aromatic heterocycles. The van der Waals surface area contributed by atoms with Crippen LogP contribution in [0, 0.1) is 10.1 Å². The lowest BCUT2D eigenvalue weighted by Crippen LogP contribution is -2.31. The molecule has 4 nitrogen and oxygen atoms in total. The number of hydrogen-bond acceptors (Lipinski definition) is 4. The van der Waals surface area contributed by atoms with Crippen LogP contribution in [0.1, 0.15) is 26.7 Å². The van der Waals surface area contributed by atoms with Crippen molar-refractivity contribution in [3.63, 3.8) is 0 Å². The van der Waals surface area contributed by atoms with Crippen LogP contribution in [0.2, 0.25) is 0 Å². The van der Waals surface area contributed by atoms with Gasteiger partial charge >= 0.3 is 0 Å². The van der Waals surface area contributed by atoms with Gasteiger partial charge in [0.05, 0.1) is 4.92 Å². The zero-order valence-corrected chi connectivity index (χ0v) is 11.9. The van der Waals surface area contributed by atoms with Crippen LogP contribution in [0.15, 0.2) is 24.3 Å². The standard InChI is InChI=1S/C13H20N2O2S/c1-4-13(5-2,18-3)10-14-11-7-6-8-12(9-11)15(16)17/h6-9,14H,4-5,10H2,1-3H3. The van der Waals surface area contributed by atoms with Crippen molar-refractivity contribution in [1.82, 2.24) is 0 Å². The highest BCUT2D eigenvalue weighted by Crippen LogP contribution is 2.31. The second-order valence-electron chi connectivity index (χ2n) is 4.26. The fourth-order valence-electron chi connectivity index (χ4n) is 1.85. The summed E-state index contributed by atoms with van der Waals surface area (Å²) in [7, 11) is 0. The molecular weight excluding hydrogens is 248 g/mol. The number of non-ortho nitro benzene ring substituents is 1. The highest BCUT2D eigenvalue weighted by Gasteiger charge is 2.24. The van der Waals surface area contributed by atoms with E-state index in [4.69, 9.17) is 0 Å². The largest absolute Gasteiger partial charge is 0.383 e. The third-order valence-corrected chi connectivity index (χ3v) is 4.98. The van der Waals surface area contributed by atoms with Gasteiger partial charge in [-0.05, 0) is 25.2 Å². The molecule has 0 amide bonds. The van der Waals surface area contributed by atoms with E-state index in [2.05, 4.69) is 25.4 Å². The molecule has 1 N–H and O–H groups in total. The maximum atomic E-state index is 10.7. The average Bonchev–Trinajstić information content (AvgIpc) is 2.41. The molecule has 0 unspecified atom stereocenters. The monoisotopic (exact) mass is 268 g/mol. The normalized spacial score (nSPS) is 11.3. The Balaban J connectivity index is 2.73. The van der Waals surface area contributed by atoms with E-state index in [1.807, 2.05) is 17.8 Å². The molecule has 0 aliphatic heterocycles. The number of benzene rings is 1. The first kappa shape index (κ1) is 14.8. The van der Waals surface area contributed by atoms with E-state index in [1.54, 1.807) is 12.1 Å². The highest BCUT2D eigenvalue weighted by molar-refractivity contribution is 8.00. The molecule has 1 aromatic carbocycles. The highest BCUT2D eigenvalue weighted by atomic mass is 32.2. The van der Waals surface area contributed by atoms with E-state index in [0.29, 0.717) is 0 Å². The minimum absolute atomic E-state index is 0.128. The van der Waals surface area contributed by atoms with E-state index in [-0.39, 0.29) is 15.4 Å². The van der Waals surface area contributed by atoms with Crippen LogP contribution in [-0.2, 0) is 0 Å². The number of thioether (sulfide) groups is 1. The molecule has 0 bridgehead atoms. The van der Waals surface area contributed by atoms with Gasteiger partial charge in [0, 0.05) is 29.1 Å². The van der Waals surface area contributed by atoms with Crippen LogP contribution in [0.25, 0.3) is 0 Å². The molecule has 5 heteroatoms. The van der Waals surface area contributed by atoms with E-state index in [0.717, 1.165) is 25.1 Å². The SMILES string of the molecule is CCC(CC)(CNc1cccc([N+](=O)[O-])c1)SC. The fourth-order valence-corrected chi connectivity index (χ4v) is 2.65. The predicted octanol–water partition coefficient (Wildman–Crippen LogP) is 3.93. The Bertz CT molecular complexity index is 397. The molecular formula is C13H20N2O2S. The van der Waals surface area contributed by atoms with E-state index < -0.39 is 0 Å². The Morgan fingerprint density at radius 1 is 1.39 bits per heavy atom. The smallest absolute Gasteiger partial charge is 0.271 e. The van der Waals surface area contributed by atoms with Crippen LogP contribution in [0.3, 0.4) is 0 Å². The Morgan fingerprint density at radius 3 is 2.56 bits per heavy atom. The van der Waals surface area contributed by atoms with Crippen molar-refractivity contribution in [2.45, 2.75) is 31.4 Å². The van der Waals surface area contributed by atoms with Gasteiger partial charge in [-0.2, -0.15) is 11.8 Å². The van der Waals surface area contributed by atoms with Gasteiger partial charge < -0.3 is 5.32 Å². The Labute approximate surface area is 112 Å². The first-order valence-corrected chi connectivity index (χ1v) is 7.33. The summed E-state index contributed by atoms with van der Waals surface area (Å²) in [6.07, 6.45) is 4.27. The fraction of sp³-hybridized carbons (Fsp3) is 0.538. The summed E-state index contributed by atoms with van der Waals surface area (Å²) >= 11 is 1.85. The molecule has 0 aliphatic rings. The summed E-state index contributed by atoms with van der Waals surface area (Å²) in [5, 5.41) is 14.0. The average molecular weight is 268 g/mol. The van der Waals surface area contributed by atoms with Gasteiger partial charge in [0.1, 0.15) is 0 Å². The third kappa shape index (κ3) is 3.63. The summed E-state index contributed by atoms with van der Waals surface area (Å²) in [4.78, 5) is 10.3. The Hall–Kier alpha value is -1.23. The van der Waals surface area contributed by atoms with Gasteiger partial charge in [0.25, 0.3) is 5.69 Å². The van der Waals surface area contributed by atoms with Gasteiger partial charge in [0.2, 0.25) is 0 Å². The van der Waals surface area contributed by atoms with Crippen LogP contribution >= 0.6 is 11.8 Å². The van der Waals surface area contributed by atoms with Crippen molar-refractivity contribution in [1.29, 1.82) is 0 Å². The number of nitrogens with one attached hydrogen (secondary N) is 1. The van der Waals surface area contributed by atoms with E-state index in [1.165, 1.54) is 6.07 Å². The lowest BCUT2D eigenvalue weighted by Gasteiger charge is -2.30. The Morgan fingerprint density at radius 2 is 2.06 bits per heavy atom. The molecule has 1 rings (SSSR count). The van der Waals surface area contributed by atoms with E-state index in [9.17, 15) is 10.1 Å². The molecule has 18 heavy (non-hydrogen) atoms. The number of hydrogen-bond donors (Lipinski definition) is 1. The van der Waals surface area contributed by atoms with Crippen LogP contribution in [0.5, 0.6) is 0 Å². The minimum atomic E-state index is -0.368. The van der Waals surface area contributed by atoms with Crippen LogP contribution in [0.4, 0.5) is 11.4 Å². The van der Waals surface area contributed by atoms with Crippen molar-refractivity contribution >= 4 is 23.1 Å². The second kappa shape index (κ2) is 6.64. The molecule has 0 radical (unpaired) electrons. The first-order valence-electron chi connectivity index (χ1n) is 6.10. The third-order valence-electron chi connectivity index (χ3n) is 3.39. The van der Waals surface area contributed by atoms with Crippen LogP contribution in [-0.4, -0.2) is 22.5 Å². The van der Waals surface area contributed by atoms with Crippen LogP contribution < -0.4 is 5.32 Å². The molecule has 0 heterocycles. The lowest BCUT2D eigenvalue weighted by atomic mass is 10.0. The van der Waals surface area contributed by atoms with Gasteiger partial charge in [-0.25, -0.2) is 0 Å². The van der Waals surface area contributed by atoms with E-state index >= 15 is 0 Å². The van der Waals surface area contributed by atoms with Crippen molar-refractivity contribution < 1.29 is 4.92 Å². The van der Waals surface area contributed by atoms with Crippen molar-refractivity contribution in [2.24, 2.45) is 0 Å². The lowest BCUT2D eigenvalue weighted by molar-refractivity contribution is -0.384. The summed E-state index contributed by atoms with van der Waals surface area (Å²) in [5.41, 5.74) is 0.937. The summed E-state index contributed by atoms with van der Waals surface area (Å²) < 4.78 is 0.199. The molecule has 0 spiro atoms. The molecule has 1 aromatic rings. The zero-order chi connectivity index (χ0) is 13.6. The van der Waals surface area contributed by atoms with Crippen molar-refractivity contribution in [3.05, 3.63) is 34.4 Å². The molecule has 0 aliphatic carbocycles. The van der Waals surface area contributed by atoms with Crippen molar-refractivity contribution in [2.75, 3.05) is 18.1 Å². The molecule has 0 saturated heterocycles. The quantitative estimate of drug-likeness (QED) is 0.601. The molecule has 100 valence electrons. The Kier molecular flexibility index (Phi) is 5.47. The molecule has 0 fully saturated rings.